The molecule has 1 heterocycles. The smallest absolute Gasteiger partial charge is 0.250 e. The number of amides is 1. The molecule has 0 spiro atoms. The Labute approximate surface area is 81.3 Å². The maximum absolute atomic E-state index is 11.3. The summed E-state index contributed by atoms with van der Waals surface area (Å²) in [6.07, 6.45) is 1.54. The standard InChI is InChI=1S/C9H11N3O2/c1-6(13)8(10)9(14)12-7-4-2-3-5-11-7/h2-5,8H,10H2,1H3,(H,11,12,14). The zero-order valence-corrected chi connectivity index (χ0v) is 7.73. The highest BCUT2D eigenvalue weighted by atomic mass is 16.2. The summed E-state index contributed by atoms with van der Waals surface area (Å²) in [5.74, 6) is -0.538. The minimum atomic E-state index is -1.13. The summed E-state index contributed by atoms with van der Waals surface area (Å²) in [6, 6.07) is 3.93. The predicted octanol–water partition coefficient (Wildman–Crippen LogP) is -0.0636. The first-order valence-corrected chi connectivity index (χ1v) is 4.09. The molecule has 1 rings (SSSR count). The minimum Gasteiger partial charge on any atom is -0.314 e. The lowest BCUT2D eigenvalue weighted by molar-refractivity contribution is -0.126. The van der Waals surface area contributed by atoms with Crippen molar-refractivity contribution < 1.29 is 9.59 Å². The van der Waals surface area contributed by atoms with Crippen LogP contribution in [0.5, 0.6) is 0 Å². The Bertz CT molecular complexity index is 337. The van der Waals surface area contributed by atoms with Crippen LogP contribution in [0.15, 0.2) is 24.4 Å². The number of Topliss-reactive ketones (excluding diaryl/α,β-unsaturated/α-hetero) is 1. The van der Waals surface area contributed by atoms with Crippen LogP contribution >= 0.6 is 0 Å². The van der Waals surface area contributed by atoms with Crippen molar-refractivity contribution in [3.05, 3.63) is 24.4 Å². The highest BCUT2D eigenvalue weighted by molar-refractivity contribution is 6.09. The summed E-state index contributed by atoms with van der Waals surface area (Å²) in [4.78, 5) is 25.9. The van der Waals surface area contributed by atoms with Crippen molar-refractivity contribution in [2.24, 2.45) is 5.73 Å². The van der Waals surface area contributed by atoms with Gasteiger partial charge in [0.1, 0.15) is 11.9 Å². The van der Waals surface area contributed by atoms with Crippen LogP contribution in [0.1, 0.15) is 6.92 Å². The number of rotatable bonds is 3. The molecule has 3 N–H and O–H groups in total. The number of hydrogen-bond donors (Lipinski definition) is 2. The number of pyridine rings is 1. The summed E-state index contributed by atoms with van der Waals surface area (Å²) in [6.45, 7) is 1.27. The van der Waals surface area contributed by atoms with E-state index in [0.29, 0.717) is 5.82 Å². The van der Waals surface area contributed by atoms with Crippen molar-refractivity contribution in [3.63, 3.8) is 0 Å². The topological polar surface area (TPSA) is 85.1 Å². The first kappa shape index (κ1) is 10.3. The van der Waals surface area contributed by atoms with Crippen LogP contribution in [-0.2, 0) is 9.59 Å². The minimum absolute atomic E-state index is 0.376. The zero-order valence-electron chi connectivity index (χ0n) is 7.73. The van der Waals surface area contributed by atoms with E-state index in [9.17, 15) is 9.59 Å². The summed E-state index contributed by atoms with van der Waals surface area (Å²) in [5, 5.41) is 2.43. The average molecular weight is 193 g/mol. The fourth-order valence-electron chi connectivity index (χ4n) is 0.825. The molecule has 5 nitrogen and oxygen atoms in total. The maximum atomic E-state index is 11.3. The van der Waals surface area contributed by atoms with Gasteiger partial charge in [0.2, 0.25) is 5.91 Å². The zero-order chi connectivity index (χ0) is 10.6. The van der Waals surface area contributed by atoms with Gasteiger partial charge in [-0.3, -0.25) is 9.59 Å². The highest BCUT2D eigenvalue weighted by Crippen LogP contribution is 2.00. The molecule has 0 aliphatic heterocycles. The molecule has 0 radical (unpaired) electrons. The number of ketones is 1. The molecule has 0 aromatic carbocycles. The Morgan fingerprint density at radius 2 is 2.21 bits per heavy atom. The summed E-state index contributed by atoms with van der Waals surface area (Å²) >= 11 is 0. The normalized spacial score (nSPS) is 11.9. The quantitative estimate of drug-likeness (QED) is 0.658. The van der Waals surface area contributed by atoms with Gasteiger partial charge in [0.05, 0.1) is 0 Å². The molecule has 1 amide bonds. The number of nitrogens with one attached hydrogen (secondary N) is 1. The van der Waals surface area contributed by atoms with Crippen molar-refractivity contribution in [2.75, 3.05) is 5.32 Å². The van der Waals surface area contributed by atoms with Gasteiger partial charge in [-0.15, -0.1) is 0 Å². The Morgan fingerprint density at radius 3 is 2.71 bits per heavy atom. The first-order chi connectivity index (χ1) is 6.61. The van der Waals surface area contributed by atoms with Crippen molar-refractivity contribution in [1.82, 2.24) is 4.98 Å². The van der Waals surface area contributed by atoms with Crippen LogP contribution < -0.4 is 11.1 Å². The van der Waals surface area contributed by atoms with Gasteiger partial charge in [0.25, 0.3) is 0 Å². The van der Waals surface area contributed by atoms with E-state index in [-0.39, 0.29) is 5.78 Å². The number of aromatic nitrogens is 1. The number of hydrogen-bond acceptors (Lipinski definition) is 4. The lowest BCUT2D eigenvalue weighted by Gasteiger charge is -2.07. The first-order valence-electron chi connectivity index (χ1n) is 4.09. The highest BCUT2D eigenvalue weighted by Gasteiger charge is 2.17. The van der Waals surface area contributed by atoms with Crippen molar-refractivity contribution >= 4 is 17.5 Å². The van der Waals surface area contributed by atoms with E-state index in [0.717, 1.165) is 0 Å². The molecule has 1 aromatic heterocycles. The lowest BCUT2D eigenvalue weighted by atomic mass is 10.2. The van der Waals surface area contributed by atoms with Crippen molar-refractivity contribution in [1.29, 1.82) is 0 Å². The van der Waals surface area contributed by atoms with E-state index in [1.54, 1.807) is 18.2 Å². The van der Waals surface area contributed by atoms with Gasteiger partial charge in [0, 0.05) is 6.20 Å². The molecule has 0 aliphatic rings. The Kier molecular flexibility index (Phi) is 3.30. The second-order valence-electron chi connectivity index (χ2n) is 2.79. The SMILES string of the molecule is CC(=O)C(N)C(=O)Nc1ccccn1. The van der Waals surface area contributed by atoms with Crippen molar-refractivity contribution in [3.8, 4) is 0 Å². The van der Waals surface area contributed by atoms with Gasteiger partial charge in [-0.1, -0.05) is 6.07 Å². The average Bonchev–Trinajstić information content (AvgIpc) is 2.18. The fraction of sp³-hybridized carbons (Fsp3) is 0.222. The molecule has 1 unspecified atom stereocenters. The van der Waals surface area contributed by atoms with Crippen LogP contribution in [0.25, 0.3) is 0 Å². The summed E-state index contributed by atoms with van der Waals surface area (Å²) in [5.41, 5.74) is 5.32. The third-order valence-corrected chi connectivity index (χ3v) is 1.64. The third-order valence-electron chi connectivity index (χ3n) is 1.64. The largest absolute Gasteiger partial charge is 0.314 e. The second kappa shape index (κ2) is 4.48. The number of carbonyl (C=O) groups excluding carboxylic acids is 2. The predicted molar refractivity (Wildman–Crippen MR) is 51.5 cm³/mol. The van der Waals surface area contributed by atoms with E-state index in [2.05, 4.69) is 10.3 Å². The van der Waals surface area contributed by atoms with Crippen LogP contribution in [-0.4, -0.2) is 22.7 Å². The van der Waals surface area contributed by atoms with Crippen LogP contribution in [0.2, 0.25) is 0 Å². The second-order valence-corrected chi connectivity index (χ2v) is 2.79. The molecular weight excluding hydrogens is 182 g/mol. The van der Waals surface area contributed by atoms with E-state index >= 15 is 0 Å². The van der Waals surface area contributed by atoms with E-state index in [1.807, 2.05) is 0 Å². The van der Waals surface area contributed by atoms with Crippen LogP contribution in [0, 0.1) is 0 Å². The van der Waals surface area contributed by atoms with Crippen LogP contribution in [0.4, 0.5) is 5.82 Å². The summed E-state index contributed by atoms with van der Waals surface area (Å²) < 4.78 is 0. The fourth-order valence-corrected chi connectivity index (χ4v) is 0.825. The molecular formula is C9H11N3O2. The molecule has 0 bridgehead atoms. The third kappa shape index (κ3) is 2.63. The van der Waals surface area contributed by atoms with Crippen molar-refractivity contribution in [2.45, 2.75) is 13.0 Å². The van der Waals surface area contributed by atoms with Gasteiger partial charge in [0.15, 0.2) is 5.78 Å². The van der Waals surface area contributed by atoms with Gasteiger partial charge >= 0.3 is 0 Å². The Balaban J connectivity index is 2.62. The Morgan fingerprint density at radius 1 is 1.50 bits per heavy atom. The van der Waals surface area contributed by atoms with Crippen LogP contribution in [0.3, 0.4) is 0 Å². The van der Waals surface area contributed by atoms with E-state index < -0.39 is 11.9 Å². The molecule has 1 atom stereocenters. The molecule has 0 saturated carbocycles. The van der Waals surface area contributed by atoms with Gasteiger partial charge in [-0.05, 0) is 19.1 Å². The van der Waals surface area contributed by atoms with Gasteiger partial charge < -0.3 is 11.1 Å². The summed E-state index contributed by atoms with van der Waals surface area (Å²) in [7, 11) is 0. The number of nitrogens with two attached hydrogens (primary N) is 1. The van der Waals surface area contributed by atoms with Gasteiger partial charge in [-0.25, -0.2) is 4.98 Å². The van der Waals surface area contributed by atoms with Gasteiger partial charge in [-0.2, -0.15) is 0 Å². The molecule has 0 saturated heterocycles. The molecule has 74 valence electrons. The molecule has 5 heteroatoms. The monoisotopic (exact) mass is 193 g/mol. The van der Waals surface area contributed by atoms with E-state index in [4.69, 9.17) is 5.73 Å². The lowest BCUT2D eigenvalue weighted by Crippen LogP contribution is -2.41. The number of nitrogens with zero attached hydrogens (tertiary/aromatic N) is 1. The maximum Gasteiger partial charge on any atom is 0.250 e. The molecule has 14 heavy (non-hydrogen) atoms. The molecule has 0 aliphatic carbocycles. The molecule has 1 aromatic rings. The Hall–Kier alpha value is -1.75. The number of anilines is 1. The molecule has 0 fully saturated rings. The van der Waals surface area contributed by atoms with E-state index in [1.165, 1.54) is 13.1 Å². The number of carbonyl (C=O) groups is 2.